The van der Waals surface area contributed by atoms with E-state index < -0.39 is 10.0 Å². The van der Waals surface area contributed by atoms with Crippen LogP contribution in [0.25, 0.3) is 0 Å². The molecule has 0 aromatic heterocycles. The van der Waals surface area contributed by atoms with E-state index in [1.807, 2.05) is 0 Å². The molecular weight excluding hydrogens is 236 g/mol. The zero-order valence-corrected chi connectivity index (χ0v) is 11.8. The van der Waals surface area contributed by atoms with Gasteiger partial charge in [0.15, 0.2) is 0 Å². The van der Waals surface area contributed by atoms with Crippen LogP contribution in [0.4, 0.5) is 0 Å². The van der Waals surface area contributed by atoms with Gasteiger partial charge in [0, 0.05) is 13.1 Å². The molecule has 4 nitrogen and oxygen atoms in total. The summed E-state index contributed by atoms with van der Waals surface area (Å²) in [5.41, 5.74) is 1.48. The molecule has 0 heterocycles. The van der Waals surface area contributed by atoms with E-state index in [2.05, 4.69) is 30.0 Å². The molecule has 1 aliphatic carbocycles. The van der Waals surface area contributed by atoms with Crippen molar-refractivity contribution in [2.75, 3.05) is 25.9 Å². The lowest BCUT2D eigenvalue weighted by Crippen LogP contribution is -2.34. The summed E-state index contributed by atoms with van der Waals surface area (Å²) in [4.78, 5) is 0. The van der Waals surface area contributed by atoms with Crippen molar-refractivity contribution in [3.05, 3.63) is 11.6 Å². The molecule has 0 spiro atoms. The van der Waals surface area contributed by atoms with Crippen LogP contribution in [0.5, 0.6) is 0 Å². The van der Waals surface area contributed by atoms with Gasteiger partial charge < -0.3 is 5.32 Å². The third-order valence-electron chi connectivity index (χ3n) is 2.98. The van der Waals surface area contributed by atoms with Crippen molar-refractivity contribution in [1.82, 2.24) is 10.0 Å². The number of allylic oxidation sites excluding steroid dienone is 2. The van der Waals surface area contributed by atoms with Crippen LogP contribution in [-0.4, -0.2) is 34.3 Å². The first-order valence-electron chi connectivity index (χ1n) is 6.19. The van der Waals surface area contributed by atoms with Gasteiger partial charge in [-0.25, -0.2) is 13.1 Å². The van der Waals surface area contributed by atoms with Gasteiger partial charge in [-0.05, 0) is 38.1 Å². The zero-order valence-electron chi connectivity index (χ0n) is 11.0. The number of nitrogens with one attached hydrogen (secondary N) is 2. The molecule has 0 aromatic rings. The normalized spacial score (nSPS) is 25.7. The maximum Gasteiger partial charge on any atom is 0.208 e. The average molecular weight is 260 g/mol. The Morgan fingerprint density at radius 3 is 2.71 bits per heavy atom. The summed E-state index contributed by atoms with van der Waals surface area (Å²) >= 11 is 0. The highest BCUT2D eigenvalue weighted by atomic mass is 32.2. The minimum atomic E-state index is -3.05. The van der Waals surface area contributed by atoms with Gasteiger partial charge in [-0.1, -0.05) is 18.6 Å². The molecule has 0 amide bonds. The van der Waals surface area contributed by atoms with Crippen LogP contribution in [0.1, 0.15) is 26.7 Å². The minimum absolute atomic E-state index is 0.468. The highest BCUT2D eigenvalue weighted by Crippen LogP contribution is 2.26. The van der Waals surface area contributed by atoms with Crippen molar-refractivity contribution in [1.29, 1.82) is 0 Å². The fraction of sp³-hybridized carbons (Fsp3) is 0.833. The molecule has 5 heteroatoms. The van der Waals surface area contributed by atoms with Crippen molar-refractivity contribution in [2.24, 2.45) is 11.8 Å². The Morgan fingerprint density at radius 1 is 1.41 bits per heavy atom. The molecule has 1 aliphatic rings. The summed E-state index contributed by atoms with van der Waals surface area (Å²) in [6, 6.07) is 0. The second kappa shape index (κ2) is 6.52. The SMILES string of the molecule is CC1=CC(C)CC(CNCCNS(C)(=O)=O)C1. The summed E-state index contributed by atoms with van der Waals surface area (Å²) in [5.74, 6) is 1.36. The molecule has 100 valence electrons. The van der Waals surface area contributed by atoms with E-state index in [4.69, 9.17) is 0 Å². The molecule has 0 radical (unpaired) electrons. The van der Waals surface area contributed by atoms with E-state index in [1.54, 1.807) is 0 Å². The van der Waals surface area contributed by atoms with Crippen molar-refractivity contribution >= 4 is 10.0 Å². The maximum absolute atomic E-state index is 10.8. The molecular formula is C12H24N2O2S. The fourth-order valence-electron chi connectivity index (χ4n) is 2.47. The molecule has 0 aliphatic heterocycles. The minimum Gasteiger partial charge on any atom is -0.315 e. The van der Waals surface area contributed by atoms with Crippen LogP contribution in [0.15, 0.2) is 11.6 Å². The van der Waals surface area contributed by atoms with Gasteiger partial charge in [0.25, 0.3) is 0 Å². The van der Waals surface area contributed by atoms with Gasteiger partial charge in [-0.2, -0.15) is 0 Å². The number of sulfonamides is 1. The van der Waals surface area contributed by atoms with Crippen molar-refractivity contribution in [3.8, 4) is 0 Å². The summed E-state index contributed by atoms with van der Waals surface area (Å²) in [5, 5.41) is 3.31. The fourth-order valence-corrected chi connectivity index (χ4v) is 2.95. The van der Waals surface area contributed by atoms with Gasteiger partial charge >= 0.3 is 0 Å². The molecule has 0 bridgehead atoms. The summed E-state index contributed by atoms with van der Waals surface area (Å²) < 4.78 is 24.1. The van der Waals surface area contributed by atoms with Crippen LogP contribution in [0.2, 0.25) is 0 Å². The van der Waals surface area contributed by atoms with Crippen LogP contribution in [-0.2, 0) is 10.0 Å². The van der Waals surface area contributed by atoms with Crippen molar-refractivity contribution in [3.63, 3.8) is 0 Å². The lowest BCUT2D eigenvalue weighted by Gasteiger charge is -2.25. The van der Waals surface area contributed by atoms with Gasteiger partial charge in [0.05, 0.1) is 6.26 Å². The van der Waals surface area contributed by atoms with E-state index in [0.717, 1.165) is 13.0 Å². The quantitative estimate of drug-likeness (QED) is 0.556. The Morgan fingerprint density at radius 2 is 2.12 bits per heavy atom. The molecule has 2 N–H and O–H groups in total. The van der Waals surface area contributed by atoms with Crippen LogP contribution in [0.3, 0.4) is 0 Å². The van der Waals surface area contributed by atoms with Gasteiger partial charge in [-0.15, -0.1) is 0 Å². The van der Waals surface area contributed by atoms with Crippen LogP contribution >= 0.6 is 0 Å². The number of hydrogen-bond donors (Lipinski definition) is 2. The maximum atomic E-state index is 10.8. The van der Waals surface area contributed by atoms with Crippen LogP contribution < -0.4 is 10.0 Å². The number of rotatable bonds is 6. The van der Waals surface area contributed by atoms with E-state index in [-0.39, 0.29) is 0 Å². The third kappa shape index (κ3) is 6.81. The summed E-state index contributed by atoms with van der Waals surface area (Å²) in [6.45, 7) is 6.58. The molecule has 0 fully saturated rings. The lowest BCUT2D eigenvalue weighted by molar-refractivity contribution is 0.383. The second-order valence-corrected chi connectivity index (χ2v) is 7.00. The van der Waals surface area contributed by atoms with Gasteiger partial charge in [0.2, 0.25) is 10.0 Å². The van der Waals surface area contributed by atoms with Crippen LogP contribution in [0, 0.1) is 11.8 Å². The van der Waals surface area contributed by atoms with Gasteiger partial charge in [-0.3, -0.25) is 0 Å². The lowest BCUT2D eigenvalue weighted by atomic mass is 9.84. The van der Waals surface area contributed by atoms with E-state index >= 15 is 0 Å². The topological polar surface area (TPSA) is 58.2 Å². The Kier molecular flexibility index (Phi) is 5.62. The molecule has 2 atom stereocenters. The standard InChI is InChI=1S/C12H24N2O2S/c1-10-6-11(2)8-12(7-10)9-13-4-5-14-17(3,15)16/h6,10,12-14H,4-5,7-9H2,1-3H3. The second-order valence-electron chi connectivity index (χ2n) is 5.17. The first kappa shape index (κ1) is 14.7. The largest absolute Gasteiger partial charge is 0.315 e. The Hall–Kier alpha value is -0.390. The molecule has 0 aromatic carbocycles. The third-order valence-corrected chi connectivity index (χ3v) is 3.71. The van der Waals surface area contributed by atoms with E-state index in [0.29, 0.717) is 24.9 Å². The first-order chi connectivity index (χ1) is 7.87. The first-order valence-corrected chi connectivity index (χ1v) is 8.08. The molecule has 1 rings (SSSR count). The predicted octanol–water partition coefficient (Wildman–Crippen LogP) is 1.12. The Balaban J connectivity index is 2.14. The highest BCUT2D eigenvalue weighted by Gasteiger charge is 2.17. The smallest absolute Gasteiger partial charge is 0.208 e. The average Bonchev–Trinajstić information content (AvgIpc) is 2.13. The Labute approximate surface area is 105 Å². The summed E-state index contributed by atoms with van der Waals surface area (Å²) in [6.07, 6.45) is 5.92. The Bertz CT molecular complexity index is 363. The molecule has 2 unspecified atom stereocenters. The summed E-state index contributed by atoms with van der Waals surface area (Å²) in [7, 11) is -3.05. The van der Waals surface area contributed by atoms with E-state index in [9.17, 15) is 8.42 Å². The number of hydrogen-bond acceptors (Lipinski definition) is 3. The van der Waals surface area contributed by atoms with E-state index in [1.165, 1.54) is 18.2 Å². The predicted molar refractivity (Wildman–Crippen MR) is 71.4 cm³/mol. The highest BCUT2D eigenvalue weighted by molar-refractivity contribution is 7.88. The van der Waals surface area contributed by atoms with Crippen molar-refractivity contribution < 1.29 is 8.42 Å². The molecule has 0 saturated heterocycles. The zero-order chi connectivity index (χ0) is 12.9. The van der Waals surface area contributed by atoms with Gasteiger partial charge in [0.1, 0.15) is 0 Å². The molecule has 0 saturated carbocycles. The molecule has 17 heavy (non-hydrogen) atoms. The van der Waals surface area contributed by atoms with Crippen molar-refractivity contribution in [2.45, 2.75) is 26.7 Å². The monoisotopic (exact) mass is 260 g/mol.